The lowest BCUT2D eigenvalue weighted by Gasteiger charge is -2.37. The highest BCUT2D eigenvalue weighted by Gasteiger charge is 2.36. The third kappa shape index (κ3) is 3.37. The molecule has 21 heavy (non-hydrogen) atoms. The monoisotopic (exact) mass is 315 g/mol. The van der Waals surface area contributed by atoms with Crippen LogP contribution in [0, 0.1) is 0 Å². The molecule has 0 spiro atoms. The second-order valence-electron chi connectivity index (χ2n) is 5.59. The van der Waals surface area contributed by atoms with Gasteiger partial charge in [-0.1, -0.05) is 6.07 Å². The minimum absolute atomic E-state index is 0.111. The number of hydrogen-bond donors (Lipinski definition) is 1. The van der Waals surface area contributed by atoms with E-state index in [4.69, 9.17) is 14.6 Å². The molecule has 1 heterocycles. The zero-order valence-corrected chi connectivity index (χ0v) is 13.3. The molecular formula is C14H21NO5S. The van der Waals surface area contributed by atoms with Gasteiger partial charge in [-0.15, -0.1) is 0 Å². The van der Waals surface area contributed by atoms with Gasteiger partial charge in [-0.2, -0.15) is 4.31 Å². The van der Waals surface area contributed by atoms with E-state index in [9.17, 15) is 8.42 Å². The second kappa shape index (κ2) is 5.92. The molecule has 1 aliphatic rings. The van der Waals surface area contributed by atoms with Crippen molar-refractivity contribution in [2.24, 2.45) is 0 Å². The van der Waals surface area contributed by atoms with Crippen LogP contribution < -0.4 is 4.74 Å². The third-order valence-electron chi connectivity index (χ3n) is 3.42. The fraction of sp³-hybridized carbons (Fsp3) is 0.571. The number of methoxy groups -OCH3 is 1. The molecule has 0 aromatic heterocycles. The van der Waals surface area contributed by atoms with Crippen molar-refractivity contribution < 1.29 is 23.0 Å². The van der Waals surface area contributed by atoms with E-state index < -0.39 is 15.6 Å². The van der Waals surface area contributed by atoms with E-state index in [2.05, 4.69) is 0 Å². The first-order valence-electron chi connectivity index (χ1n) is 6.72. The first-order chi connectivity index (χ1) is 9.80. The van der Waals surface area contributed by atoms with Gasteiger partial charge in [0, 0.05) is 13.1 Å². The third-order valence-corrected chi connectivity index (χ3v) is 5.30. The van der Waals surface area contributed by atoms with E-state index in [1.165, 1.54) is 17.5 Å². The van der Waals surface area contributed by atoms with Crippen molar-refractivity contribution in [3.05, 3.63) is 23.8 Å². The van der Waals surface area contributed by atoms with Crippen LogP contribution in [0.5, 0.6) is 5.75 Å². The molecule has 0 unspecified atom stereocenters. The Bertz CT molecular complexity index is 612. The summed E-state index contributed by atoms with van der Waals surface area (Å²) >= 11 is 0. The summed E-state index contributed by atoms with van der Waals surface area (Å²) in [5.41, 5.74) is 0.0944. The molecule has 0 bridgehead atoms. The van der Waals surface area contributed by atoms with Crippen LogP contribution in [0.2, 0.25) is 0 Å². The van der Waals surface area contributed by atoms with Gasteiger partial charge < -0.3 is 14.6 Å². The quantitative estimate of drug-likeness (QED) is 0.896. The van der Waals surface area contributed by atoms with Crippen molar-refractivity contribution in [3.63, 3.8) is 0 Å². The van der Waals surface area contributed by atoms with Crippen molar-refractivity contribution in [1.82, 2.24) is 4.31 Å². The summed E-state index contributed by atoms with van der Waals surface area (Å²) in [6, 6.07) is 4.60. The van der Waals surface area contributed by atoms with E-state index in [1.807, 2.05) is 13.8 Å². The van der Waals surface area contributed by atoms with Crippen LogP contribution in [-0.2, 0) is 21.4 Å². The molecule has 0 atom stereocenters. The van der Waals surface area contributed by atoms with Crippen LogP contribution in [-0.4, -0.2) is 50.2 Å². The minimum atomic E-state index is -3.65. The van der Waals surface area contributed by atoms with Crippen LogP contribution in [0.25, 0.3) is 0 Å². The maximum Gasteiger partial charge on any atom is 0.246 e. The Morgan fingerprint density at radius 3 is 2.71 bits per heavy atom. The summed E-state index contributed by atoms with van der Waals surface area (Å²) in [4.78, 5) is 0.111. The van der Waals surface area contributed by atoms with Crippen molar-refractivity contribution in [1.29, 1.82) is 0 Å². The predicted octanol–water partition coefficient (Wildman–Crippen LogP) is 0.987. The molecule has 1 fully saturated rings. The summed E-state index contributed by atoms with van der Waals surface area (Å²) in [6.45, 7) is 4.53. The van der Waals surface area contributed by atoms with Gasteiger partial charge in [-0.05, 0) is 31.5 Å². The van der Waals surface area contributed by atoms with Crippen LogP contribution in [0.3, 0.4) is 0 Å². The smallest absolute Gasteiger partial charge is 0.246 e. The fourth-order valence-corrected chi connectivity index (χ4v) is 4.05. The average molecular weight is 315 g/mol. The first-order valence-corrected chi connectivity index (χ1v) is 8.16. The van der Waals surface area contributed by atoms with Crippen LogP contribution in [0.15, 0.2) is 23.1 Å². The summed E-state index contributed by atoms with van der Waals surface area (Å²) in [5, 5.41) is 9.14. The molecule has 0 saturated carbocycles. The highest BCUT2D eigenvalue weighted by molar-refractivity contribution is 7.89. The number of aliphatic hydroxyl groups excluding tert-OH is 1. The molecule has 1 aliphatic heterocycles. The van der Waals surface area contributed by atoms with Gasteiger partial charge in [-0.25, -0.2) is 8.42 Å². The van der Waals surface area contributed by atoms with Gasteiger partial charge in [0.1, 0.15) is 10.6 Å². The molecule has 6 nitrogen and oxygen atoms in total. The standard InChI is InChI=1S/C14H21NO5S/c1-14(2)10-15(6-7-20-14)21(17,18)13-5-4-11(9-16)8-12(13)19-3/h4-5,8,16H,6-7,9-10H2,1-3H3. The van der Waals surface area contributed by atoms with Crippen LogP contribution in [0.1, 0.15) is 19.4 Å². The lowest BCUT2D eigenvalue weighted by atomic mass is 10.1. The highest BCUT2D eigenvalue weighted by atomic mass is 32.2. The van der Waals surface area contributed by atoms with Crippen molar-refractivity contribution >= 4 is 10.0 Å². The second-order valence-corrected chi connectivity index (χ2v) is 7.50. The number of ether oxygens (including phenoxy) is 2. The van der Waals surface area contributed by atoms with E-state index in [0.717, 1.165) is 0 Å². The molecule has 0 aliphatic carbocycles. The van der Waals surface area contributed by atoms with Crippen LogP contribution >= 0.6 is 0 Å². The Balaban J connectivity index is 2.39. The summed E-state index contributed by atoms with van der Waals surface area (Å²) in [7, 11) is -2.24. The topological polar surface area (TPSA) is 76.1 Å². The van der Waals surface area contributed by atoms with Crippen molar-refractivity contribution in [2.45, 2.75) is 31.0 Å². The summed E-state index contributed by atoms with van der Waals surface area (Å²) in [5.74, 6) is 0.242. The maximum atomic E-state index is 12.8. The number of hydrogen-bond acceptors (Lipinski definition) is 5. The van der Waals surface area contributed by atoms with Crippen molar-refractivity contribution in [3.8, 4) is 5.75 Å². The Hall–Kier alpha value is -1.15. The number of nitrogens with zero attached hydrogens (tertiary/aromatic N) is 1. The molecule has 7 heteroatoms. The first kappa shape index (κ1) is 16.2. The molecule has 1 aromatic rings. The lowest BCUT2D eigenvalue weighted by molar-refractivity contribution is -0.0640. The van der Waals surface area contributed by atoms with E-state index in [1.54, 1.807) is 12.1 Å². The number of morpholine rings is 1. The van der Waals surface area contributed by atoms with E-state index in [-0.39, 0.29) is 17.3 Å². The van der Waals surface area contributed by atoms with Gasteiger partial charge in [0.2, 0.25) is 10.0 Å². The fourth-order valence-electron chi connectivity index (χ4n) is 2.34. The Kier molecular flexibility index (Phi) is 4.57. The van der Waals surface area contributed by atoms with Gasteiger partial charge in [0.05, 0.1) is 25.9 Å². The maximum absolute atomic E-state index is 12.8. The van der Waals surface area contributed by atoms with Gasteiger partial charge in [-0.3, -0.25) is 0 Å². The zero-order chi connectivity index (χ0) is 15.7. The van der Waals surface area contributed by atoms with Crippen molar-refractivity contribution in [2.75, 3.05) is 26.8 Å². The van der Waals surface area contributed by atoms with Crippen LogP contribution in [0.4, 0.5) is 0 Å². The van der Waals surface area contributed by atoms with Gasteiger partial charge >= 0.3 is 0 Å². The average Bonchev–Trinajstić information content (AvgIpc) is 2.45. The number of rotatable bonds is 4. The van der Waals surface area contributed by atoms with E-state index >= 15 is 0 Å². The molecule has 1 N–H and O–H groups in total. The largest absolute Gasteiger partial charge is 0.495 e. The molecular weight excluding hydrogens is 294 g/mol. The zero-order valence-electron chi connectivity index (χ0n) is 12.5. The van der Waals surface area contributed by atoms with Gasteiger partial charge in [0.25, 0.3) is 0 Å². The SMILES string of the molecule is COc1cc(CO)ccc1S(=O)(=O)N1CCOC(C)(C)C1. The van der Waals surface area contributed by atoms with Gasteiger partial charge in [0.15, 0.2) is 0 Å². The molecule has 1 aromatic carbocycles. The molecule has 118 valence electrons. The molecule has 2 rings (SSSR count). The lowest BCUT2D eigenvalue weighted by Crippen LogP contribution is -2.50. The molecule has 1 saturated heterocycles. The Morgan fingerprint density at radius 2 is 2.14 bits per heavy atom. The molecule has 0 amide bonds. The predicted molar refractivity (Wildman–Crippen MR) is 77.7 cm³/mol. The normalized spacial score (nSPS) is 19.4. The Labute approximate surface area is 125 Å². The Morgan fingerprint density at radius 1 is 1.43 bits per heavy atom. The summed E-state index contributed by atoms with van der Waals surface area (Å²) in [6.07, 6.45) is 0. The van der Waals surface area contributed by atoms with E-state index in [0.29, 0.717) is 25.3 Å². The number of aliphatic hydroxyl groups is 1. The molecule has 0 radical (unpaired) electrons. The number of sulfonamides is 1. The highest BCUT2D eigenvalue weighted by Crippen LogP contribution is 2.30. The minimum Gasteiger partial charge on any atom is -0.495 e. The number of benzene rings is 1. The summed E-state index contributed by atoms with van der Waals surface area (Å²) < 4.78 is 37.7.